The maximum atomic E-state index is 12.1. The van der Waals surface area contributed by atoms with Gasteiger partial charge in [-0.15, -0.1) is 0 Å². The minimum Gasteiger partial charge on any atom is -0.480 e. The van der Waals surface area contributed by atoms with Crippen LogP contribution in [0.1, 0.15) is 26.2 Å². The van der Waals surface area contributed by atoms with Crippen LogP contribution in [0.2, 0.25) is 0 Å². The van der Waals surface area contributed by atoms with Crippen molar-refractivity contribution in [1.82, 2.24) is 9.80 Å². The number of amides is 2. The first kappa shape index (κ1) is 14.8. The van der Waals surface area contributed by atoms with Crippen LogP contribution < -0.4 is 0 Å². The molecule has 0 aromatic carbocycles. The van der Waals surface area contributed by atoms with Gasteiger partial charge in [-0.2, -0.15) is 0 Å². The standard InChI is InChI=1S/C12H22N2O4/c1-9-4-6-14(10(8-9)11(16)17)12(18)13(2)5-3-7-15/h9-10,15H,3-8H2,1-2H3,(H,16,17). The second-order valence-electron chi connectivity index (χ2n) is 4.96. The highest BCUT2D eigenvalue weighted by Gasteiger charge is 2.35. The number of carbonyl (C=O) groups is 2. The van der Waals surface area contributed by atoms with Gasteiger partial charge in [-0.3, -0.25) is 0 Å². The smallest absolute Gasteiger partial charge is 0.326 e. The van der Waals surface area contributed by atoms with E-state index in [1.54, 1.807) is 7.05 Å². The number of aliphatic hydroxyl groups excluding tert-OH is 1. The van der Waals surface area contributed by atoms with Crippen molar-refractivity contribution >= 4 is 12.0 Å². The van der Waals surface area contributed by atoms with E-state index in [2.05, 4.69) is 0 Å². The van der Waals surface area contributed by atoms with Crippen LogP contribution in [-0.4, -0.2) is 64.8 Å². The summed E-state index contributed by atoms with van der Waals surface area (Å²) in [6.45, 7) is 2.96. The lowest BCUT2D eigenvalue weighted by Gasteiger charge is -2.38. The molecule has 2 amide bonds. The average molecular weight is 258 g/mol. The zero-order valence-electron chi connectivity index (χ0n) is 11.0. The Kier molecular flexibility index (Phi) is 5.40. The van der Waals surface area contributed by atoms with E-state index in [4.69, 9.17) is 5.11 Å². The lowest BCUT2D eigenvalue weighted by molar-refractivity contribution is -0.144. The molecule has 0 aromatic rings. The number of piperidine rings is 1. The molecule has 2 unspecified atom stereocenters. The molecule has 6 nitrogen and oxygen atoms in total. The minimum absolute atomic E-state index is 0.0248. The SMILES string of the molecule is CC1CCN(C(=O)N(C)CCCO)C(C(=O)O)C1. The quantitative estimate of drug-likeness (QED) is 0.774. The minimum atomic E-state index is -0.939. The molecule has 1 saturated heterocycles. The Balaban J connectivity index is 2.66. The molecule has 1 heterocycles. The number of urea groups is 1. The van der Waals surface area contributed by atoms with Crippen LogP contribution in [0.15, 0.2) is 0 Å². The molecule has 6 heteroatoms. The molecule has 0 saturated carbocycles. The lowest BCUT2D eigenvalue weighted by atomic mass is 9.93. The van der Waals surface area contributed by atoms with E-state index < -0.39 is 12.0 Å². The van der Waals surface area contributed by atoms with E-state index in [1.807, 2.05) is 6.92 Å². The number of carboxylic acid groups (broad SMARTS) is 1. The maximum absolute atomic E-state index is 12.1. The predicted octanol–water partition coefficient (Wildman–Crippen LogP) is 0.606. The van der Waals surface area contributed by atoms with E-state index in [-0.39, 0.29) is 12.6 Å². The summed E-state index contributed by atoms with van der Waals surface area (Å²) >= 11 is 0. The molecule has 1 aliphatic heterocycles. The van der Waals surface area contributed by atoms with Crippen molar-refractivity contribution in [3.05, 3.63) is 0 Å². The largest absolute Gasteiger partial charge is 0.480 e. The van der Waals surface area contributed by atoms with Gasteiger partial charge in [0, 0.05) is 26.7 Å². The van der Waals surface area contributed by atoms with Gasteiger partial charge in [-0.25, -0.2) is 9.59 Å². The number of carbonyl (C=O) groups excluding carboxylic acids is 1. The predicted molar refractivity (Wildman–Crippen MR) is 66.3 cm³/mol. The molecular weight excluding hydrogens is 236 g/mol. The lowest BCUT2D eigenvalue weighted by Crippen LogP contribution is -2.53. The molecule has 0 spiro atoms. The van der Waals surface area contributed by atoms with E-state index in [9.17, 15) is 14.7 Å². The summed E-state index contributed by atoms with van der Waals surface area (Å²) in [6.07, 6.45) is 1.85. The topological polar surface area (TPSA) is 81.1 Å². The van der Waals surface area contributed by atoms with Crippen molar-refractivity contribution in [3.8, 4) is 0 Å². The summed E-state index contributed by atoms with van der Waals surface area (Å²) in [5.41, 5.74) is 0. The van der Waals surface area contributed by atoms with Crippen molar-refractivity contribution in [1.29, 1.82) is 0 Å². The Labute approximate surface area is 107 Å². The van der Waals surface area contributed by atoms with Gasteiger partial charge in [0.05, 0.1) is 0 Å². The molecule has 1 aliphatic rings. The van der Waals surface area contributed by atoms with Gasteiger partial charge in [-0.1, -0.05) is 6.92 Å². The molecular formula is C12H22N2O4. The van der Waals surface area contributed by atoms with E-state index >= 15 is 0 Å². The summed E-state index contributed by atoms with van der Waals surface area (Å²) in [5.74, 6) is -0.608. The molecule has 0 aromatic heterocycles. The molecule has 0 bridgehead atoms. The molecule has 1 rings (SSSR count). The fourth-order valence-corrected chi connectivity index (χ4v) is 2.23. The first-order valence-corrected chi connectivity index (χ1v) is 6.32. The van der Waals surface area contributed by atoms with Crippen molar-refractivity contribution in [2.45, 2.75) is 32.2 Å². The van der Waals surface area contributed by atoms with E-state index in [0.717, 1.165) is 6.42 Å². The average Bonchev–Trinajstić information content (AvgIpc) is 2.34. The molecule has 104 valence electrons. The highest BCUT2D eigenvalue weighted by atomic mass is 16.4. The van der Waals surface area contributed by atoms with Crippen molar-refractivity contribution in [3.63, 3.8) is 0 Å². The van der Waals surface area contributed by atoms with E-state index in [0.29, 0.717) is 31.8 Å². The number of hydrogen-bond donors (Lipinski definition) is 2. The van der Waals surface area contributed by atoms with Gasteiger partial charge < -0.3 is 20.0 Å². The fourth-order valence-electron chi connectivity index (χ4n) is 2.23. The zero-order valence-corrected chi connectivity index (χ0v) is 11.0. The van der Waals surface area contributed by atoms with Crippen LogP contribution in [0.4, 0.5) is 4.79 Å². The first-order chi connectivity index (χ1) is 8.47. The Bertz CT molecular complexity index is 308. The van der Waals surface area contributed by atoms with Crippen molar-refractivity contribution < 1.29 is 19.8 Å². The summed E-state index contributed by atoms with van der Waals surface area (Å²) in [6, 6.07) is -0.986. The van der Waals surface area contributed by atoms with E-state index in [1.165, 1.54) is 9.80 Å². The molecule has 0 radical (unpaired) electrons. The third-order valence-electron chi connectivity index (χ3n) is 3.37. The van der Waals surface area contributed by atoms with Crippen LogP contribution in [0, 0.1) is 5.92 Å². The molecule has 2 N–H and O–H groups in total. The van der Waals surface area contributed by atoms with Crippen LogP contribution in [0.25, 0.3) is 0 Å². The van der Waals surface area contributed by atoms with Crippen LogP contribution in [-0.2, 0) is 4.79 Å². The monoisotopic (exact) mass is 258 g/mol. The highest BCUT2D eigenvalue weighted by molar-refractivity contribution is 5.82. The molecule has 2 atom stereocenters. The van der Waals surface area contributed by atoms with Gasteiger partial charge in [-0.05, 0) is 25.2 Å². The third kappa shape index (κ3) is 3.60. The second-order valence-corrected chi connectivity index (χ2v) is 4.96. The Hall–Kier alpha value is -1.30. The normalized spacial score (nSPS) is 23.8. The highest BCUT2D eigenvalue weighted by Crippen LogP contribution is 2.23. The van der Waals surface area contributed by atoms with Gasteiger partial charge in [0.15, 0.2) is 0 Å². The fraction of sp³-hybridized carbons (Fsp3) is 0.833. The summed E-state index contributed by atoms with van der Waals surface area (Å²) in [5, 5.41) is 17.9. The van der Waals surface area contributed by atoms with Crippen molar-refractivity contribution in [2.75, 3.05) is 26.7 Å². The summed E-state index contributed by atoms with van der Waals surface area (Å²) in [7, 11) is 1.63. The van der Waals surface area contributed by atoms with Crippen LogP contribution >= 0.6 is 0 Å². The number of hydrogen-bond acceptors (Lipinski definition) is 3. The second kappa shape index (κ2) is 6.58. The van der Waals surface area contributed by atoms with Gasteiger partial charge in [0.25, 0.3) is 0 Å². The Morgan fingerprint density at radius 2 is 2.11 bits per heavy atom. The molecule has 0 aliphatic carbocycles. The number of likely N-dealkylation sites (tertiary alicyclic amines) is 1. The number of aliphatic hydroxyl groups is 1. The third-order valence-corrected chi connectivity index (χ3v) is 3.37. The number of rotatable bonds is 4. The number of carboxylic acids is 1. The van der Waals surface area contributed by atoms with Gasteiger partial charge in [0.2, 0.25) is 0 Å². The Morgan fingerprint density at radius 1 is 1.44 bits per heavy atom. The Morgan fingerprint density at radius 3 is 2.67 bits per heavy atom. The summed E-state index contributed by atoms with van der Waals surface area (Å²) in [4.78, 5) is 26.2. The van der Waals surface area contributed by atoms with Crippen LogP contribution in [0.5, 0.6) is 0 Å². The number of nitrogens with zero attached hydrogens (tertiary/aromatic N) is 2. The zero-order chi connectivity index (χ0) is 13.7. The van der Waals surface area contributed by atoms with Crippen molar-refractivity contribution in [2.24, 2.45) is 5.92 Å². The maximum Gasteiger partial charge on any atom is 0.326 e. The summed E-state index contributed by atoms with van der Waals surface area (Å²) < 4.78 is 0. The first-order valence-electron chi connectivity index (χ1n) is 6.32. The van der Waals surface area contributed by atoms with Crippen LogP contribution in [0.3, 0.4) is 0 Å². The molecule has 18 heavy (non-hydrogen) atoms. The molecule has 1 fully saturated rings. The number of aliphatic carboxylic acids is 1. The van der Waals surface area contributed by atoms with Gasteiger partial charge >= 0.3 is 12.0 Å². The van der Waals surface area contributed by atoms with Gasteiger partial charge in [0.1, 0.15) is 6.04 Å².